The number of nitrogens with one attached hydrogen (secondary N) is 1. The number of hydrogen-bond acceptors (Lipinski definition) is 8. The molecule has 2 aliphatic heterocycles. The Bertz CT molecular complexity index is 1010. The molecular formula is C29H47NO8S. The highest BCUT2D eigenvalue weighted by Crippen LogP contribution is 2.46. The van der Waals surface area contributed by atoms with Crippen LogP contribution < -0.4 is 4.72 Å². The molecular weight excluding hydrogens is 522 g/mol. The summed E-state index contributed by atoms with van der Waals surface area (Å²) in [6, 6.07) is 6.17. The minimum absolute atomic E-state index is 0.0305. The van der Waals surface area contributed by atoms with Crippen LogP contribution in [0.15, 0.2) is 29.2 Å². The van der Waals surface area contributed by atoms with E-state index >= 15 is 0 Å². The maximum Gasteiger partial charge on any atom is 0.421 e. The molecule has 0 saturated carbocycles. The SMILES string of the molecule is CCCCCCCCCCCCOC[C@]12O[C@H](C)[C@H](OC(=O)NS(=O)(=O)c3ccc(C)cc3)[C@H]1OC(C)(C)O2. The standard InChI is InChI=1S/C29H47NO8S/c1-6-7-8-9-10-11-12-13-14-15-20-34-21-29-26(37-28(4,5)38-29)25(23(3)36-29)35-27(31)30-39(32,33)24-18-16-22(2)17-19-24/h16-19,23,25-26H,6-15,20-21H2,1-5H3,(H,30,31)/t23-,25+,26-,29-/m1/s1. The van der Waals surface area contributed by atoms with Gasteiger partial charge in [0.25, 0.3) is 10.0 Å². The van der Waals surface area contributed by atoms with Gasteiger partial charge < -0.3 is 23.7 Å². The number of benzene rings is 1. The van der Waals surface area contributed by atoms with Crippen molar-refractivity contribution >= 4 is 16.1 Å². The van der Waals surface area contributed by atoms with Crippen molar-refractivity contribution in [3.05, 3.63) is 29.8 Å². The first kappa shape index (κ1) is 31.8. The molecule has 0 unspecified atom stereocenters. The highest BCUT2D eigenvalue weighted by atomic mass is 32.2. The number of carbonyl (C=O) groups excluding carboxylic acids is 1. The number of amides is 1. The van der Waals surface area contributed by atoms with Crippen LogP contribution in [0.2, 0.25) is 0 Å². The first-order valence-electron chi connectivity index (χ1n) is 14.4. The number of unbranched alkanes of at least 4 members (excludes halogenated alkanes) is 9. The Morgan fingerprint density at radius 2 is 1.54 bits per heavy atom. The average molecular weight is 570 g/mol. The summed E-state index contributed by atoms with van der Waals surface area (Å²) in [5, 5.41) is 0. The molecule has 39 heavy (non-hydrogen) atoms. The molecule has 1 aromatic rings. The van der Waals surface area contributed by atoms with Crippen LogP contribution in [-0.4, -0.2) is 57.6 Å². The number of aryl methyl sites for hydroxylation is 1. The van der Waals surface area contributed by atoms with E-state index in [4.69, 9.17) is 23.7 Å². The van der Waals surface area contributed by atoms with Gasteiger partial charge in [-0.2, -0.15) is 0 Å². The van der Waals surface area contributed by atoms with E-state index in [2.05, 4.69) is 6.92 Å². The fourth-order valence-corrected chi connectivity index (χ4v) is 6.05. The third-order valence-corrected chi connectivity index (χ3v) is 8.47. The lowest BCUT2D eigenvalue weighted by Gasteiger charge is -2.27. The molecule has 222 valence electrons. The minimum Gasteiger partial charge on any atom is -0.440 e. The van der Waals surface area contributed by atoms with Crippen molar-refractivity contribution in [3.63, 3.8) is 0 Å². The van der Waals surface area contributed by atoms with E-state index in [-0.39, 0.29) is 11.5 Å². The van der Waals surface area contributed by atoms with Crippen LogP contribution in [0.4, 0.5) is 4.79 Å². The van der Waals surface area contributed by atoms with Crippen molar-refractivity contribution in [2.45, 2.75) is 134 Å². The largest absolute Gasteiger partial charge is 0.440 e. The zero-order valence-corrected chi connectivity index (χ0v) is 25.0. The molecule has 3 rings (SSSR count). The van der Waals surface area contributed by atoms with E-state index in [0.29, 0.717) is 6.61 Å². The molecule has 9 nitrogen and oxygen atoms in total. The lowest BCUT2D eigenvalue weighted by atomic mass is 10.1. The Balaban J connectivity index is 1.46. The average Bonchev–Trinajstić information content (AvgIpc) is 3.25. The number of fused-ring (bicyclic) bond motifs is 1. The molecule has 0 aromatic heterocycles. The van der Waals surface area contributed by atoms with Crippen LogP contribution in [0.1, 0.15) is 97.5 Å². The minimum atomic E-state index is -4.09. The van der Waals surface area contributed by atoms with Crippen LogP contribution in [0.25, 0.3) is 0 Å². The zero-order valence-electron chi connectivity index (χ0n) is 24.2. The normalized spacial score (nSPS) is 25.9. The molecule has 2 heterocycles. The van der Waals surface area contributed by atoms with Crippen molar-refractivity contribution in [3.8, 4) is 0 Å². The van der Waals surface area contributed by atoms with Crippen molar-refractivity contribution in [2.75, 3.05) is 13.2 Å². The smallest absolute Gasteiger partial charge is 0.421 e. The molecule has 1 N–H and O–H groups in total. The Kier molecular flexibility index (Phi) is 11.6. The number of ether oxygens (including phenoxy) is 5. The fraction of sp³-hybridized carbons (Fsp3) is 0.759. The number of rotatable bonds is 16. The Morgan fingerprint density at radius 1 is 0.949 bits per heavy atom. The number of sulfonamides is 1. The van der Waals surface area contributed by atoms with Gasteiger partial charge in [-0.3, -0.25) is 0 Å². The first-order chi connectivity index (χ1) is 18.5. The van der Waals surface area contributed by atoms with Gasteiger partial charge in [-0.25, -0.2) is 17.9 Å². The molecule has 0 radical (unpaired) electrons. The molecule has 2 fully saturated rings. The van der Waals surface area contributed by atoms with Crippen LogP contribution in [0, 0.1) is 6.92 Å². The topological polar surface area (TPSA) is 109 Å². The molecule has 2 saturated heterocycles. The molecule has 4 atom stereocenters. The lowest BCUT2D eigenvalue weighted by molar-refractivity contribution is -0.276. The summed E-state index contributed by atoms with van der Waals surface area (Å²) in [5.74, 6) is -2.24. The monoisotopic (exact) mass is 569 g/mol. The van der Waals surface area contributed by atoms with Crippen molar-refractivity contribution in [1.29, 1.82) is 0 Å². The second-order valence-corrected chi connectivity index (χ2v) is 12.9. The maximum absolute atomic E-state index is 12.6. The highest BCUT2D eigenvalue weighted by Gasteiger charge is 2.65. The van der Waals surface area contributed by atoms with Crippen molar-refractivity contribution in [2.24, 2.45) is 0 Å². The highest BCUT2D eigenvalue weighted by molar-refractivity contribution is 7.90. The zero-order chi connectivity index (χ0) is 28.5. The van der Waals surface area contributed by atoms with Gasteiger partial charge >= 0.3 is 6.09 Å². The fourth-order valence-electron chi connectivity index (χ4n) is 5.17. The van der Waals surface area contributed by atoms with Gasteiger partial charge in [-0.05, 0) is 46.2 Å². The van der Waals surface area contributed by atoms with Crippen LogP contribution in [0.5, 0.6) is 0 Å². The van der Waals surface area contributed by atoms with Gasteiger partial charge in [-0.1, -0.05) is 82.4 Å². The second-order valence-electron chi connectivity index (χ2n) is 11.2. The number of carbonyl (C=O) groups is 1. The first-order valence-corrected chi connectivity index (χ1v) is 15.9. The molecule has 2 aliphatic rings. The summed E-state index contributed by atoms with van der Waals surface area (Å²) < 4.78 is 57.0. The van der Waals surface area contributed by atoms with E-state index in [0.717, 1.165) is 18.4 Å². The van der Waals surface area contributed by atoms with Crippen LogP contribution in [0.3, 0.4) is 0 Å². The quantitative estimate of drug-likeness (QED) is 0.242. The number of hydrogen-bond donors (Lipinski definition) is 1. The molecule has 1 aromatic carbocycles. The Labute approximate surface area is 234 Å². The predicted molar refractivity (Wildman–Crippen MR) is 148 cm³/mol. The van der Waals surface area contributed by atoms with Gasteiger partial charge in [0.2, 0.25) is 5.79 Å². The summed E-state index contributed by atoms with van der Waals surface area (Å²) in [6.45, 7) is 10.00. The third-order valence-electron chi connectivity index (χ3n) is 7.15. The Morgan fingerprint density at radius 3 is 2.15 bits per heavy atom. The van der Waals surface area contributed by atoms with Gasteiger partial charge in [0.1, 0.15) is 6.61 Å². The predicted octanol–water partition coefficient (Wildman–Crippen LogP) is 5.98. The summed E-state index contributed by atoms with van der Waals surface area (Å²) in [6.07, 6.45) is 9.05. The molecule has 1 amide bonds. The van der Waals surface area contributed by atoms with Gasteiger partial charge in [0.05, 0.1) is 11.0 Å². The molecule has 0 spiro atoms. The van der Waals surface area contributed by atoms with Crippen molar-refractivity contribution in [1.82, 2.24) is 4.72 Å². The summed E-state index contributed by atoms with van der Waals surface area (Å²) >= 11 is 0. The molecule has 10 heteroatoms. The Hall–Kier alpha value is -1.72. The van der Waals surface area contributed by atoms with Crippen LogP contribution in [-0.2, 0) is 33.7 Å². The second kappa shape index (κ2) is 14.3. The maximum atomic E-state index is 12.6. The van der Waals surface area contributed by atoms with E-state index in [1.54, 1.807) is 32.9 Å². The van der Waals surface area contributed by atoms with Gasteiger partial charge in [0, 0.05) is 6.61 Å². The van der Waals surface area contributed by atoms with Gasteiger partial charge in [0.15, 0.2) is 18.0 Å². The summed E-state index contributed by atoms with van der Waals surface area (Å²) in [4.78, 5) is 12.6. The van der Waals surface area contributed by atoms with E-state index in [1.807, 2.05) is 11.6 Å². The summed E-state index contributed by atoms with van der Waals surface area (Å²) in [5.41, 5.74) is 0.904. The van der Waals surface area contributed by atoms with E-state index in [1.165, 1.54) is 63.5 Å². The molecule has 0 bridgehead atoms. The summed E-state index contributed by atoms with van der Waals surface area (Å²) in [7, 11) is -4.09. The van der Waals surface area contributed by atoms with E-state index in [9.17, 15) is 13.2 Å². The van der Waals surface area contributed by atoms with E-state index < -0.39 is 46.0 Å². The third kappa shape index (κ3) is 9.14. The van der Waals surface area contributed by atoms with Crippen molar-refractivity contribution < 1.29 is 36.9 Å². The molecule has 0 aliphatic carbocycles. The lowest BCUT2D eigenvalue weighted by Crippen LogP contribution is -2.46. The van der Waals surface area contributed by atoms with Gasteiger partial charge in [-0.15, -0.1) is 0 Å². The van der Waals surface area contributed by atoms with Crippen LogP contribution >= 0.6 is 0 Å².